The highest BCUT2D eigenvalue weighted by Crippen LogP contribution is 2.39. The van der Waals surface area contributed by atoms with Crippen LogP contribution in [0.3, 0.4) is 0 Å². The number of benzene rings is 1. The number of nitrogens with zero attached hydrogens (tertiary/aromatic N) is 2. The second-order valence-electron chi connectivity index (χ2n) is 4.63. The second-order valence-corrected chi connectivity index (χ2v) is 6.50. The number of halogens is 1. The van der Waals surface area contributed by atoms with Gasteiger partial charge in [-0.05, 0) is 40.9 Å². The van der Waals surface area contributed by atoms with Gasteiger partial charge in [0.2, 0.25) is 0 Å². The van der Waals surface area contributed by atoms with Crippen LogP contribution in [0.25, 0.3) is 0 Å². The number of hydrogen-bond donors (Lipinski definition) is 1. The van der Waals surface area contributed by atoms with Gasteiger partial charge in [-0.15, -0.1) is 11.8 Å². The average molecular weight is 336 g/mol. The number of hydrogen-bond acceptors (Lipinski definition) is 4. The monoisotopic (exact) mass is 335 g/mol. The molecule has 1 aliphatic rings. The lowest BCUT2D eigenvalue weighted by atomic mass is 10.3. The molecule has 0 atom stereocenters. The summed E-state index contributed by atoms with van der Waals surface area (Å²) in [4.78, 5) is 10.1. The number of nitrogens with two attached hydrogens (primary N) is 1. The summed E-state index contributed by atoms with van der Waals surface area (Å²) >= 11 is 5.27. The number of aromatic nitrogens is 2. The van der Waals surface area contributed by atoms with E-state index in [4.69, 9.17) is 5.73 Å². The Morgan fingerprint density at radius 1 is 1.26 bits per heavy atom. The molecule has 1 aliphatic carbocycles. The van der Waals surface area contributed by atoms with E-state index < -0.39 is 0 Å². The molecular formula is C14H14BrN3S. The summed E-state index contributed by atoms with van der Waals surface area (Å²) in [5.74, 6) is 2.76. The van der Waals surface area contributed by atoms with Crippen LogP contribution >= 0.6 is 27.7 Å². The molecule has 0 aliphatic heterocycles. The first-order valence-corrected chi connectivity index (χ1v) is 8.01. The Morgan fingerprint density at radius 2 is 2.05 bits per heavy atom. The van der Waals surface area contributed by atoms with Crippen molar-refractivity contribution in [1.29, 1.82) is 0 Å². The summed E-state index contributed by atoms with van der Waals surface area (Å²) in [6.45, 7) is 0. The van der Waals surface area contributed by atoms with Gasteiger partial charge in [0.25, 0.3) is 0 Å². The molecule has 1 aromatic carbocycles. The van der Waals surface area contributed by atoms with E-state index in [9.17, 15) is 0 Å². The van der Waals surface area contributed by atoms with E-state index in [-0.39, 0.29) is 0 Å². The van der Waals surface area contributed by atoms with Crippen LogP contribution < -0.4 is 5.73 Å². The maximum absolute atomic E-state index is 5.85. The molecule has 1 aromatic heterocycles. The van der Waals surface area contributed by atoms with Crippen LogP contribution in [0.5, 0.6) is 0 Å². The molecule has 0 bridgehead atoms. The minimum absolute atomic E-state index is 0.583. The molecule has 98 valence electrons. The van der Waals surface area contributed by atoms with Crippen molar-refractivity contribution < 1.29 is 0 Å². The number of thioether (sulfide) groups is 1. The Morgan fingerprint density at radius 3 is 2.79 bits per heavy atom. The highest BCUT2D eigenvalue weighted by Gasteiger charge is 2.25. The van der Waals surface area contributed by atoms with Gasteiger partial charge in [0.15, 0.2) is 0 Å². The smallest absolute Gasteiger partial charge is 0.141 e. The van der Waals surface area contributed by atoms with Crippen molar-refractivity contribution in [3.8, 4) is 0 Å². The van der Waals surface area contributed by atoms with Crippen LogP contribution in [-0.2, 0) is 5.75 Å². The Labute approximate surface area is 125 Å². The van der Waals surface area contributed by atoms with Gasteiger partial charge >= 0.3 is 0 Å². The number of nitrogen functional groups attached to an aromatic ring is 1. The standard InChI is InChI=1S/C14H14BrN3S/c15-10-3-1-2-4-12(10)19-8-14-17-11(9-5-6-9)7-13(16)18-14/h1-4,7,9H,5-6,8H2,(H2,16,17,18). The van der Waals surface area contributed by atoms with Crippen molar-refractivity contribution in [2.75, 3.05) is 5.73 Å². The third-order valence-electron chi connectivity index (χ3n) is 3.00. The Kier molecular flexibility index (Phi) is 3.75. The van der Waals surface area contributed by atoms with E-state index in [2.05, 4.69) is 32.0 Å². The van der Waals surface area contributed by atoms with E-state index in [1.807, 2.05) is 24.3 Å². The quantitative estimate of drug-likeness (QED) is 0.858. The van der Waals surface area contributed by atoms with E-state index in [0.717, 1.165) is 21.7 Å². The summed E-state index contributed by atoms with van der Waals surface area (Å²) in [6.07, 6.45) is 2.46. The van der Waals surface area contributed by atoms with E-state index >= 15 is 0 Å². The van der Waals surface area contributed by atoms with Gasteiger partial charge in [-0.1, -0.05) is 12.1 Å². The highest BCUT2D eigenvalue weighted by atomic mass is 79.9. The molecule has 0 amide bonds. The van der Waals surface area contributed by atoms with Gasteiger partial charge in [-0.25, -0.2) is 9.97 Å². The second kappa shape index (κ2) is 5.51. The van der Waals surface area contributed by atoms with Gasteiger partial charge in [0.05, 0.1) is 5.75 Å². The largest absolute Gasteiger partial charge is 0.384 e. The summed E-state index contributed by atoms with van der Waals surface area (Å²) in [7, 11) is 0. The predicted molar refractivity (Wildman–Crippen MR) is 82.1 cm³/mol. The first-order valence-electron chi connectivity index (χ1n) is 6.23. The molecule has 2 N–H and O–H groups in total. The van der Waals surface area contributed by atoms with Crippen LogP contribution in [-0.4, -0.2) is 9.97 Å². The molecule has 3 rings (SSSR count). The van der Waals surface area contributed by atoms with Crippen LogP contribution in [0.4, 0.5) is 5.82 Å². The Balaban J connectivity index is 1.74. The molecule has 0 spiro atoms. The third-order valence-corrected chi connectivity index (χ3v) is 5.02. The molecular weight excluding hydrogens is 322 g/mol. The zero-order valence-corrected chi connectivity index (χ0v) is 12.7. The first-order chi connectivity index (χ1) is 9.22. The summed E-state index contributed by atoms with van der Waals surface area (Å²) < 4.78 is 1.10. The lowest BCUT2D eigenvalue weighted by molar-refractivity contribution is 0.937. The van der Waals surface area contributed by atoms with Crippen molar-refractivity contribution in [1.82, 2.24) is 9.97 Å². The number of rotatable bonds is 4. The maximum Gasteiger partial charge on any atom is 0.141 e. The molecule has 1 fully saturated rings. The SMILES string of the molecule is Nc1cc(C2CC2)nc(CSc2ccccc2Br)n1. The molecule has 19 heavy (non-hydrogen) atoms. The molecule has 5 heteroatoms. The lowest BCUT2D eigenvalue weighted by Crippen LogP contribution is -2.01. The van der Waals surface area contributed by atoms with Gasteiger partial charge in [0.1, 0.15) is 11.6 Å². The van der Waals surface area contributed by atoms with Crippen molar-refractivity contribution in [3.63, 3.8) is 0 Å². The van der Waals surface area contributed by atoms with Gasteiger partial charge < -0.3 is 5.73 Å². The fourth-order valence-electron chi connectivity index (χ4n) is 1.90. The fraction of sp³-hybridized carbons (Fsp3) is 0.286. The van der Waals surface area contributed by atoms with Crippen LogP contribution in [0, 0.1) is 0 Å². The zero-order chi connectivity index (χ0) is 13.2. The molecule has 1 heterocycles. The van der Waals surface area contributed by atoms with Crippen LogP contribution in [0.1, 0.15) is 30.3 Å². The molecule has 1 saturated carbocycles. The number of anilines is 1. The van der Waals surface area contributed by atoms with E-state index in [0.29, 0.717) is 11.7 Å². The Bertz CT molecular complexity index is 599. The molecule has 3 nitrogen and oxygen atoms in total. The lowest BCUT2D eigenvalue weighted by Gasteiger charge is -2.06. The van der Waals surface area contributed by atoms with Crippen LogP contribution in [0.2, 0.25) is 0 Å². The normalized spacial score (nSPS) is 14.6. The van der Waals surface area contributed by atoms with Crippen molar-refractivity contribution in [2.45, 2.75) is 29.4 Å². The summed E-state index contributed by atoms with van der Waals surface area (Å²) in [5, 5.41) is 0. The molecule has 0 unspecified atom stereocenters. The minimum Gasteiger partial charge on any atom is -0.384 e. The van der Waals surface area contributed by atoms with Crippen molar-refractivity contribution in [2.24, 2.45) is 0 Å². The maximum atomic E-state index is 5.85. The third kappa shape index (κ3) is 3.28. The fourth-order valence-corrected chi connectivity index (χ4v) is 3.32. The average Bonchev–Trinajstić information content (AvgIpc) is 3.21. The highest BCUT2D eigenvalue weighted by molar-refractivity contribution is 9.10. The molecule has 2 aromatic rings. The van der Waals surface area contributed by atoms with Crippen molar-refractivity contribution >= 4 is 33.5 Å². The zero-order valence-electron chi connectivity index (χ0n) is 10.3. The van der Waals surface area contributed by atoms with Crippen LogP contribution in [0.15, 0.2) is 39.7 Å². The summed E-state index contributed by atoms with van der Waals surface area (Å²) in [5.41, 5.74) is 6.96. The molecule has 0 saturated heterocycles. The predicted octanol–water partition coefficient (Wildman–Crippen LogP) is 3.99. The Hall–Kier alpha value is -1.07. The van der Waals surface area contributed by atoms with E-state index in [1.54, 1.807) is 11.8 Å². The summed E-state index contributed by atoms with van der Waals surface area (Å²) in [6, 6.07) is 10.1. The van der Waals surface area contributed by atoms with Gasteiger partial charge in [0, 0.05) is 27.0 Å². The topological polar surface area (TPSA) is 51.8 Å². The van der Waals surface area contributed by atoms with Gasteiger partial charge in [-0.3, -0.25) is 0 Å². The minimum atomic E-state index is 0.583. The first kappa shape index (κ1) is 12.9. The molecule has 0 radical (unpaired) electrons. The van der Waals surface area contributed by atoms with Gasteiger partial charge in [-0.2, -0.15) is 0 Å². The van der Waals surface area contributed by atoms with Crippen molar-refractivity contribution in [3.05, 3.63) is 46.3 Å². The van der Waals surface area contributed by atoms with E-state index in [1.165, 1.54) is 17.7 Å².